The highest BCUT2D eigenvalue weighted by Gasteiger charge is 2.40. The highest BCUT2D eigenvalue weighted by Crippen LogP contribution is 2.35. The molecule has 0 unspecified atom stereocenters. The summed E-state index contributed by atoms with van der Waals surface area (Å²) in [5.74, 6) is -1.42. The van der Waals surface area contributed by atoms with Crippen molar-refractivity contribution in [1.29, 1.82) is 0 Å². The van der Waals surface area contributed by atoms with Crippen LogP contribution in [-0.2, 0) is 4.79 Å². The Labute approximate surface area is 175 Å². The van der Waals surface area contributed by atoms with E-state index in [1.165, 1.54) is 48.8 Å². The summed E-state index contributed by atoms with van der Waals surface area (Å²) in [7, 11) is 0. The number of benzene rings is 1. The van der Waals surface area contributed by atoms with Crippen LogP contribution in [0.25, 0.3) is 0 Å². The van der Waals surface area contributed by atoms with Gasteiger partial charge in [0.25, 0.3) is 17.5 Å². The van der Waals surface area contributed by atoms with Gasteiger partial charge < -0.3 is 5.32 Å². The Hall–Kier alpha value is -3.21. The monoisotopic (exact) mass is 429 g/mol. The highest BCUT2D eigenvalue weighted by molar-refractivity contribution is 7.15. The van der Waals surface area contributed by atoms with Gasteiger partial charge in [0.15, 0.2) is 0 Å². The molecular weight excluding hydrogens is 410 g/mol. The number of carbonyl (C=O) groups is 3. The SMILES string of the molecule is O=C(CCN1C(=O)c2cccc([N+](=O)[O-])c2C1=O)Nc1nnc(C2CCCCC2)s1. The normalized spacial score (nSPS) is 16.6. The molecule has 0 bridgehead atoms. The Morgan fingerprint density at radius 1 is 1.20 bits per heavy atom. The molecule has 0 saturated heterocycles. The lowest BCUT2D eigenvalue weighted by Gasteiger charge is -2.18. The predicted molar refractivity (Wildman–Crippen MR) is 107 cm³/mol. The van der Waals surface area contributed by atoms with Gasteiger partial charge in [-0.1, -0.05) is 36.7 Å². The molecule has 1 aliphatic heterocycles. The average Bonchev–Trinajstić information content (AvgIpc) is 3.30. The Morgan fingerprint density at radius 3 is 2.70 bits per heavy atom. The number of nitrogens with zero attached hydrogens (tertiary/aromatic N) is 4. The van der Waals surface area contributed by atoms with Crippen molar-refractivity contribution in [3.05, 3.63) is 44.4 Å². The van der Waals surface area contributed by atoms with Crippen LogP contribution in [-0.4, -0.2) is 44.3 Å². The van der Waals surface area contributed by atoms with Gasteiger partial charge in [-0.25, -0.2) is 0 Å². The van der Waals surface area contributed by atoms with Crippen molar-refractivity contribution in [2.75, 3.05) is 11.9 Å². The summed E-state index contributed by atoms with van der Waals surface area (Å²) in [6, 6.07) is 3.91. The molecule has 1 saturated carbocycles. The third-order valence-corrected chi connectivity index (χ3v) is 6.38. The lowest BCUT2D eigenvalue weighted by Crippen LogP contribution is -2.33. The van der Waals surface area contributed by atoms with Crippen LogP contribution in [0.15, 0.2) is 18.2 Å². The molecule has 156 valence electrons. The minimum Gasteiger partial charge on any atom is -0.300 e. The van der Waals surface area contributed by atoms with Crippen molar-refractivity contribution in [2.24, 2.45) is 0 Å². The standard InChI is InChI=1S/C19H19N5O5S/c25-14(20-19-22-21-16(30-19)11-5-2-1-3-6-11)9-10-23-17(26)12-7-4-8-13(24(28)29)15(12)18(23)27/h4,7-8,11H,1-3,5-6,9-10H2,(H,20,22,25). The van der Waals surface area contributed by atoms with Crippen molar-refractivity contribution < 1.29 is 19.3 Å². The molecule has 2 heterocycles. The van der Waals surface area contributed by atoms with E-state index in [0.29, 0.717) is 11.0 Å². The van der Waals surface area contributed by atoms with Gasteiger partial charge in [0.1, 0.15) is 10.6 Å². The summed E-state index contributed by atoms with van der Waals surface area (Å²) in [5.41, 5.74) is -0.660. The van der Waals surface area contributed by atoms with E-state index in [0.717, 1.165) is 22.7 Å². The van der Waals surface area contributed by atoms with Crippen molar-refractivity contribution in [3.8, 4) is 0 Å². The van der Waals surface area contributed by atoms with Crippen molar-refractivity contribution in [3.63, 3.8) is 0 Å². The second-order valence-electron chi connectivity index (χ2n) is 7.30. The third kappa shape index (κ3) is 3.80. The Kier molecular flexibility index (Phi) is 5.53. The van der Waals surface area contributed by atoms with Crippen LogP contribution >= 0.6 is 11.3 Å². The first-order valence-electron chi connectivity index (χ1n) is 9.72. The van der Waals surface area contributed by atoms with Crippen LogP contribution in [0, 0.1) is 10.1 Å². The molecule has 1 fully saturated rings. The summed E-state index contributed by atoms with van der Waals surface area (Å²) in [4.78, 5) is 48.6. The molecular formula is C19H19N5O5S. The van der Waals surface area contributed by atoms with E-state index < -0.39 is 28.3 Å². The van der Waals surface area contributed by atoms with Gasteiger partial charge in [-0.2, -0.15) is 0 Å². The first-order valence-corrected chi connectivity index (χ1v) is 10.5. The number of hydrogen-bond acceptors (Lipinski definition) is 8. The molecule has 4 rings (SSSR count). The van der Waals surface area contributed by atoms with Gasteiger partial charge in [0, 0.05) is 24.9 Å². The van der Waals surface area contributed by atoms with E-state index >= 15 is 0 Å². The van der Waals surface area contributed by atoms with Gasteiger partial charge in [-0.05, 0) is 18.9 Å². The van der Waals surface area contributed by atoms with Crippen molar-refractivity contribution in [2.45, 2.75) is 44.4 Å². The topological polar surface area (TPSA) is 135 Å². The number of imide groups is 1. The van der Waals surface area contributed by atoms with Crippen LogP contribution in [0.3, 0.4) is 0 Å². The fourth-order valence-electron chi connectivity index (χ4n) is 3.87. The number of nitrogens with one attached hydrogen (secondary N) is 1. The Balaban J connectivity index is 1.37. The summed E-state index contributed by atoms with van der Waals surface area (Å²) >= 11 is 1.35. The molecule has 30 heavy (non-hydrogen) atoms. The molecule has 2 aliphatic rings. The lowest BCUT2D eigenvalue weighted by molar-refractivity contribution is -0.385. The first-order chi connectivity index (χ1) is 14.5. The number of amides is 3. The molecule has 3 amide bonds. The Morgan fingerprint density at radius 2 is 1.97 bits per heavy atom. The van der Waals surface area contributed by atoms with E-state index in [-0.39, 0.29) is 24.1 Å². The molecule has 1 aromatic heterocycles. The molecule has 10 nitrogen and oxygen atoms in total. The number of hydrogen-bond donors (Lipinski definition) is 1. The highest BCUT2D eigenvalue weighted by atomic mass is 32.1. The van der Waals surface area contributed by atoms with Crippen LogP contribution < -0.4 is 5.32 Å². The fraction of sp³-hybridized carbons (Fsp3) is 0.421. The number of rotatable bonds is 6. The minimum absolute atomic E-state index is 0.0177. The number of carbonyl (C=O) groups excluding carboxylic acids is 3. The predicted octanol–water partition coefficient (Wildman–Crippen LogP) is 3.12. The van der Waals surface area contributed by atoms with Crippen molar-refractivity contribution in [1.82, 2.24) is 15.1 Å². The van der Waals surface area contributed by atoms with E-state index in [9.17, 15) is 24.5 Å². The summed E-state index contributed by atoms with van der Waals surface area (Å²) < 4.78 is 0. The van der Waals surface area contributed by atoms with Crippen LogP contribution in [0.4, 0.5) is 10.8 Å². The summed E-state index contributed by atoms with van der Waals surface area (Å²) in [6.45, 7) is -0.177. The maximum absolute atomic E-state index is 12.5. The summed E-state index contributed by atoms with van der Waals surface area (Å²) in [5, 5.41) is 23.3. The molecule has 0 radical (unpaired) electrons. The van der Waals surface area contributed by atoms with E-state index in [4.69, 9.17) is 0 Å². The van der Waals surface area contributed by atoms with Gasteiger partial charge >= 0.3 is 0 Å². The molecule has 1 aliphatic carbocycles. The summed E-state index contributed by atoms with van der Waals surface area (Å²) in [6.07, 6.45) is 5.59. The van der Waals surface area contributed by atoms with Gasteiger partial charge in [0.05, 0.1) is 10.5 Å². The van der Waals surface area contributed by atoms with Crippen molar-refractivity contribution >= 4 is 39.9 Å². The molecule has 1 aromatic carbocycles. The third-order valence-electron chi connectivity index (χ3n) is 5.38. The van der Waals surface area contributed by atoms with Gasteiger partial charge in [-0.15, -0.1) is 10.2 Å². The number of anilines is 1. The van der Waals surface area contributed by atoms with E-state index in [1.54, 1.807) is 0 Å². The second kappa shape index (κ2) is 8.27. The van der Waals surface area contributed by atoms with E-state index in [1.807, 2.05) is 0 Å². The van der Waals surface area contributed by atoms with Gasteiger partial charge in [0.2, 0.25) is 11.0 Å². The molecule has 11 heteroatoms. The Bertz CT molecular complexity index is 1030. The van der Waals surface area contributed by atoms with Gasteiger partial charge in [-0.3, -0.25) is 29.4 Å². The maximum atomic E-state index is 12.5. The van der Waals surface area contributed by atoms with E-state index in [2.05, 4.69) is 15.5 Å². The lowest BCUT2D eigenvalue weighted by atomic mass is 9.90. The molecule has 1 N–H and O–H groups in total. The molecule has 0 spiro atoms. The smallest absolute Gasteiger partial charge is 0.282 e. The quantitative estimate of drug-likeness (QED) is 0.423. The second-order valence-corrected chi connectivity index (χ2v) is 8.31. The first kappa shape index (κ1) is 20.1. The number of nitro benzene ring substituents is 1. The minimum atomic E-state index is -0.759. The number of fused-ring (bicyclic) bond motifs is 1. The van der Waals surface area contributed by atoms with Crippen LogP contribution in [0.1, 0.15) is 70.2 Å². The fourth-order valence-corrected chi connectivity index (χ4v) is 4.79. The number of nitro groups is 1. The number of aromatic nitrogens is 2. The van der Waals surface area contributed by atoms with Crippen LogP contribution in [0.2, 0.25) is 0 Å². The largest absolute Gasteiger partial charge is 0.300 e. The zero-order chi connectivity index (χ0) is 21.3. The zero-order valence-electron chi connectivity index (χ0n) is 16.0. The molecule has 2 aromatic rings. The maximum Gasteiger partial charge on any atom is 0.282 e. The zero-order valence-corrected chi connectivity index (χ0v) is 16.8. The molecule has 0 atom stereocenters. The van der Waals surface area contributed by atoms with Crippen LogP contribution in [0.5, 0.6) is 0 Å². The average molecular weight is 429 g/mol.